The standard InChI is InChI=1S/C9H9ClO4/c10-9(8(13)14)5-2-1-4(3-5)6(9)7(11)12/h1-2,4-6H,3H2,(H,11,12)(H,13,14). The molecule has 0 saturated heterocycles. The SMILES string of the molecule is O=C(O)C1C2C=CC(C2)C1(Cl)C(=O)O. The van der Waals surface area contributed by atoms with Crippen LogP contribution in [0.25, 0.3) is 0 Å². The van der Waals surface area contributed by atoms with Crippen LogP contribution in [0.5, 0.6) is 0 Å². The summed E-state index contributed by atoms with van der Waals surface area (Å²) in [6, 6.07) is 0. The predicted octanol–water partition coefficient (Wildman–Crippen LogP) is 0.955. The third-order valence-electron chi connectivity index (χ3n) is 3.13. The number of aliphatic carboxylic acids is 2. The molecule has 4 nitrogen and oxygen atoms in total. The molecule has 0 heterocycles. The van der Waals surface area contributed by atoms with Crippen molar-refractivity contribution in [3.05, 3.63) is 12.2 Å². The summed E-state index contributed by atoms with van der Waals surface area (Å²) in [6.07, 6.45) is 4.00. The second-order valence-corrected chi connectivity index (χ2v) is 4.41. The first-order chi connectivity index (χ1) is 6.48. The molecule has 0 aromatic heterocycles. The largest absolute Gasteiger partial charge is 0.481 e. The molecule has 0 aromatic rings. The maximum absolute atomic E-state index is 11.0. The Morgan fingerprint density at radius 3 is 2.43 bits per heavy atom. The zero-order valence-electron chi connectivity index (χ0n) is 7.18. The highest BCUT2D eigenvalue weighted by atomic mass is 35.5. The molecule has 0 aliphatic heterocycles. The summed E-state index contributed by atoms with van der Waals surface area (Å²) in [5.41, 5.74) is 0. The molecule has 0 amide bonds. The van der Waals surface area contributed by atoms with E-state index in [1.807, 2.05) is 0 Å². The molecule has 0 aromatic carbocycles. The van der Waals surface area contributed by atoms with Gasteiger partial charge in [0.25, 0.3) is 0 Å². The maximum Gasteiger partial charge on any atom is 0.326 e. The molecule has 2 N–H and O–H groups in total. The van der Waals surface area contributed by atoms with Gasteiger partial charge in [0.15, 0.2) is 4.87 Å². The lowest BCUT2D eigenvalue weighted by Crippen LogP contribution is -2.47. The van der Waals surface area contributed by atoms with Crippen LogP contribution in [-0.2, 0) is 9.59 Å². The van der Waals surface area contributed by atoms with Gasteiger partial charge in [-0.15, -0.1) is 11.6 Å². The highest BCUT2D eigenvalue weighted by Crippen LogP contribution is 2.54. The van der Waals surface area contributed by atoms with Gasteiger partial charge < -0.3 is 10.2 Å². The normalized spacial score (nSPS) is 44.2. The van der Waals surface area contributed by atoms with E-state index in [-0.39, 0.29) is 11.8 Å². The second kappa shape index (κ2) is 2.73. The van der Waals surface area contributed by atoms with Crippen LogP contribution in [0.2, 0.25) is 0 Å². The first kappa shape index (κ1) is 9.52. The van der Waals surface area contributed by atoms with E-state index < -0.39 is 22.7 Å². The fourth-order valence-electron chi connectivity index (χ4n) is 2.48. The van der Waals surface area contributed by atoms with Crippen molar-refractivity contribution in [1.29, 1.82) is 0 Å². The summed E-state index contributed by atoms with van der Waals surface area (Å²) in [5.74, 6) is -3.95. The highest BCUT2D eigenvalue weighted by Gasteiger charge is 2.63. The summed E-state index contributed by atoms with van der Waals surface area (Å²) in [5, 5.41) is 17.9. The minimum atomic E-state index is -1.65. The lowest BCUT2D eigenvalue weighted by atomic mass is 9.82. The van der Waals surface area contributed by atoms with Gasteiger partial charge in [0.2, 0.25) is 0 Å². The highest BCUT2D eigenvalue weighted by molar-refractivity contribution is 6.36. The van der Waals surface area contributed by atoms with Crippen molar-refractivity contribution in [2.45, 2.75) is 11.3 Å². The molecular formula is C9H9ClO4. The van der Waals surface area contributed by atoms with E-state index in [0.717, 1.165) is 0 Å². The molecule has 1 fully saturated rings. The Kier molecular flexibility index (Phi) is 1.86. The molecule has 1 saturated carbocycles. The Bertz CT molecular complexity index is 338. The topological polar surface area (TPSA) is 74.6 Å². The molecule has 14 heavy (non-hydrogen) atoms. The second-order valence-electron chi connectivity index (χ2n) is 3.78. The van der Waals surface area contributed by atoms with Crippen LogP contribution in [-0.4, -0.2) is 27.0 Å². The van der Waals surface area contributed by atoms with Gasteiger partial charge in [-0.25, -0.2) is 0 Å². The van der Waals surface area contributed by atoms with Gasteiger partial charge in [-0.05, 0) is 12.3 Å². The fraction of sp³-hybridized carbons (Fsp3) is 0.556. The summed E-state index contributed by atoms with van der Waals surface area (Å²) < 4.78 is 0. The monoisotopic (exact) mass is 216 g/mol. The number of alkyl halides is 1. The molecule has 2 aliphatic rings. The van der Waals surface area contributed by atoms with Crippen LogP contribution >= 0.6 is 11.6 Å². The van der Waals surface area contributed by atoms with E-state index in [0.29, 0.717) is 6.42 Å². The Morgan fingerprint density at radius 2 is 2.00 bits per heavy atom. The summed E-state index contributed by atoms with van der Waals surface area (Å²) in [6.45, 7) is 0. The number of halogens is 1. The quantitative estimate of drug-likeness (QED) is 0.533. The lowest BCUT2D eigenvalue weighted by Gasteiger charge is -2.29. The van der Waals surface area contributed by atoms with E-state index in [1.54, 1.807) is 12.2 Å². The molecule has 2 bridgehead atoms. The number of allylic oxidation sites excluding steroid dienone is 2. The zero-order chi connectivity index (χ0) is 10.5. The van der Waals surface area contributed by atoms with Gasteiger partial charge >= 0.3 is 11.9 Å². The molecule has 5 heteroatoms. The zero-order valence-corrected chi connectivity index (χ0v) is 7.94. The molecular weight excluding hydrogens is 208 g/mol. The lowest BCUT2D eigenvalue weighted by molar-refractivity contribution is -0.152. The first-order valence-electron chi connectivity index (χ1n) is 4.31. The Labute approximate surface area is 85.2 Å². The Morgan fingerprint density at radius 1 is 1.36 bits per heavy atom. The minimum Gasteiger partial charge on any atom is -0.481 e. The van der Waals surface area contributed by atoms with Crippen LogP contribution in [0.3, 0.4) is 0 Å². The summed E-state index contributed by atoms with van der Waals surface area (Å²) in [4.78, 5) is 20.3. The number of carbonyl (C=O) groups is 2. The van der Waals surface area contributed by atoms with Gasteiger partial charge in [-0.3, -0.25) is 9.59 Å². The third-order valence-corrected chi connectivity index (χ3v) is 3.81. The summed E-state index contributed by atoms with van der Waals surface area (Å²) >= 11 is 5.93. The van der Waals surface area contributed by atoms with Crippen molar-refractivity contribution >= 4 is 23.5 Å². The minimum absolute atomic E-state index is 0.230. The molecule has 0 radical (unpaired) electrons. The fourth-order valence-corrected chi connectivity index (χ4v) is 2.90. The van der Waals surface area contributed by atoms with Crippen molar-refractivity contribution in [1.82, 2.24) is 0 Å². The number of carboxylic acids is 2. The van der Waals surface area contributed by atoms with E-state index in [2.05, 4.69) is 0 Å². The van der Waals surface area contributed by atoms with Gasteiger partial charge in [0.05, 0.1) is 5.92 Å². The van der Waals surface area contributed by atoms with Crippen LogP contribution in [0.1, 0.15) is 6.42 Å². The predicted molar refractivity (Wildman–Crippen MR) is 48.1 cm³/mol. The van der Waals surface area contributed by atoms with Crippen molar-refractivity contribution < 1.29 is 19.8 Å². The van der Waals surface area contributed by atoms with Crippen molar-refractivity contribution in [3.8, 4) is 0 Å². The van der Waals surface area contributed by atoms with Gasteiger partial charge in [0.1, 0.15) is 0 Å². The van der Waals surface area contributed by atoms with Crippen molar-refractivity contribution in [2.75, 3.05) is 0 Å². The Hall–Kier alpha value is -1.03. The van der Waals surface area contributed by atoms with E-state index in [4.69, 9.17) is 21.8 Å². The molecule has 4 unspecified atom stereocenters. The van der Waals surface area contributed by atoms with Gasteiger partial charge in [-0.1, -0.05) is 12.2 Å². The van der Waals surface area contributed by atoms with Crippen LogP contribution in [0, 0.1) is 17.8 Å². The molecule has 4 atom stereocenters. The van der Waals surface area contributed by atoms with Crippen molar-refractivity contribution in [2.24, 2.45) is 17.8 Å². The number of hydrogen-bond donors (Lipinski definition) is 2. The number of fused-ring (bicyclic) bond motifs is 2. The van der Waals surface area contributed by atoms with E-state index >= 15 is 0 Å². The van der Waals surface area contributed by atoms with E-state index in [9.17, 15) is 9.59 Å². The number of rotatable bonds is 2. The third kappa shape index (κ3) is 0.945. The van der Waals surface area contributed by atoms with Crippen LogP contribution in [0.15, 0.2) is 12.2 Å². The average Bonchev–Trinajstić information content (AvgIpc) is 2.61. The molecule has 2 aliphatic carbocycles. The number of hydrogen-bond acceptors (Lipinski definition) is 2. The van der Waals surface area contributed by atoms with Crippen LogP contribution in [0.4, 0.5) is 0 Å². The van der Waals surface area contributed by atoms with Crippen molar-refractivity contribution in [3.63, 3.8) is 0 Å². The molecule has 76 valence electrons. The van der Waals surface area contributed by atoms with Gasteiger partial charge in [-0.2, -0.15) is 0 Å². The molecule has 2 rings (SSSR count). The van der Waals surface area contributed by atoms with E-state index in [1.165, 1.54) is 0 Å². The van der Waals surface area contributed by atoms with Crippen LogP contribution < -0.4 is 0 Å². The smallest absolute Gasteiger partial charge is 0.326 e. The van der Waals surface area contributed by atoms with Gasteiger partial charge in [0, 0.05) is 5.92 Å². The summed E-state index contributed by atoms with van der Waals surface area (Å²) in [7, 11) is 0. The molecule has 0 spiro atoms. The average molecular weight is 217 g/mol. The maximum atomic E-state index is 11.0. The number of carboxylic acid groups (broad SMARTS) is 2. The Balaban J connectivity index is 2.45. The first-order valence-corrected chi connectivity index (χ1v) is 4.69.